The Morgan fingerprint density at radius 2 is 1.78 bits per heavy atom. The first-order chi connectivity index (χ1) is 27.5. The maximum Gasteiger partial charge on any atom is 0.311 e. The van der Waals surface area contributed by atoms with Crippen molar-refractivity contribution in [3.05, 3.63) is 75.3 Å². The van der Waals surface area contributed by atoms with Gasteiger partial charge in [0, 0.05) is 97.8 Å². The van der Waals surface area contributed by atoms with Crippen LogP contribution in [-0.4, -0.2) is 84.4 Å². The third-order valence-corrected chi connectivity index (χ3v) is 12.2. The van der Waals surface area contributed by atoms with E-state index in [0.717, 1.165) is 35.1 Å². The fourth-order valence-corrected chi connectivity index (χ4v) is 9.44. The van der Waals surface area contributed by atoms with Crippen LogP contribution in [0, 0.1) is 69.2 Å². The molecule has 13 nitrogen and oxygen atoms in total. The molecule has 3 N–H and O–H groups in total. The second-order valence-electron chi connectivity index (χ2n) is 15.7. The van der Waals surface area contributed by atoms with Crippen molar-refractivity contribution in [3.63, 3.8) is 0 Å². The van der Waals surface area contributed by atoms with Crippen LogP contribution in [0.25, 0.3) is 0 Å². The van der Waals surface area contributed by atoms with Gasteiger partial charge >= 0.3 is 5.97 Å². The summed E-state index contributed by atoms with van der Waals surface area (Å²) in [6, 6.07) is 11.2. The predicted octanol–water partition coefficient (Wildman–Crippen LogP) is 5.26. The smallest absolute Gasteiger partial charge is 0.311 e. The normalized spacial score (nSPS) is 21.9. The molecule has 1 radical (unpaired) electrons. The van der Waals surface area contributed by atoms with Crippen LogP contribution >= 0.6 is 0 Å². The molecule has 0 aliphatic carbocycles. The zero-order valence-corrected chi connectivity index (χ0v) is 39.0. The second kappa shape index (κ2) is 18.6. The Balaban J connectivity index is 0.00000567. The Morgan fingerprint density at radius 1 is 1.03 bits per heavy atom. The summed E-state index contributed by atoms with van der Waals surface area (Å²) in [5.41, 5.74) is 5.52. The number of carbonyl (C=O) groups excluding carboxylic acids is 3. The van der Waals surface area contributed by atoms with Gasteiger partial charge in [-0.1, -0.05) is 56.2 Å². The van der Waals surface area contributed by atoms with E-state index in [1.807, 2.05) is 44.3 Å². The number of piperazine rings is 1. The molecule has 0 saturated carbocycles. The number of ether oxygens (including phenoxy) is 4. The number of phenolic OH excluding ortho intramolecular Hbond substituents is 1. The molecule has 4 heterocycles. The van der Waals surface area contributed by atoms with Crippen molar-refractivity contribution in [2.45, 2.75) is 115 Å². The van der Waals surface area contributed by atoms with Crippen LogP contribution in [0.4, 0.5) is 0 Å². The number of nitrogens with one attached hydrogen (secondary N) is 2. The van der Waals surface area contributed by atoms with Gasteiger partial charge in [0.2, 0.25) is 18.6 Å². The maximum atomic E-state index is 13.7. The second-order valence-corrected chi connectivity index (χ2v) is 15.7. The van der Waals surface area contributed by atoms with E-state index in [9.17, 15) is 24.8 Å². The summed E-state index contributed by atoms with van der Waals surface area (Å²) in [7, 11) is 3.57. The monoisotopic (exact) mass is 1010 g/mol. The fraction of sp³-hybridized carbons (Fsp3) is 0.500. The number of fused-ring (bicyclic) bond motifs is 9. The molecule has 3 aromatic carbocycles. The number of likely N-dealkylation sites (N-methyl/N-ethyl adjacent to an activating group) is 1. The zero-order chi connectivity index (χ0) is 40.5. The van der Waals surface area contributed by atoms with Gasteiger partial charge in [0.25, 0.3) is 0 Å². The standard InChI is InChI=1S/C44H53N5O8.Ac/c1-7-8-10-15-35(51)57-43-36-28(18-24(2)40(43)54-6)19-30-32(21-45)49-31(38(36)48(30)5)20-29-37(42-41(55-23-56-42)25(3)39(29)52)33(49)22-46-44(53)26(4)47-34(50)17-16-27-13-11-9-12-14-27;/h9,11-14,18,26,30-33,38,52H,7-8,10,15-17,19-20,22-23H2,1-6H3,(H,46,53)(H,47,50);/t26?,30-,31?,32-,33-,38-;/m0./s1. The summed E-state index contributed by atoms with van der Waals surface area (Å²) >= 11 is 0. The zero-order valence-electron chi connectivity index (χ0n) is 34.2. The molecule has 3 aromatic rings. The molecular weight excluding hydrogens is 954 g/mol. The summed E-state index contributed by atoms with van der Waals surface area (Å²) in [5, 5.41) is 28.8. The van der Waals surface area contributed by atoms with Gasteiger partial charge in [0.15, 0.2) is 23.0 Å². The Kier molecular flexibility index (Phi) is 14.0. The van der Waals surface area contributed by atoms with Crippen molar-refractivity contribution in [1.29, 1.82) is 5.26 Å². The number of hydrogen-bond acceptors (Lipinski definition) is 11. The summed E-state index contributed by atoms with van der Waals surface area (Å²) in [5.74, 6) is 0.907. The Morgan fingerprint density at radius 3 is 2.48 bits per heavy atom. The molecule has 6 atom stereocenters. The minimum atomic E-state index is -0.834. The van der Waals surface area contributed by atoms with Crippen LogP contribution in [0.5, 0.6) is 28.7 Å². The molecule has 2 unspecified atom stereocenters. The summed E-state index contributed by atoms with van der Waals surface area (Å²) < 4.78 is 24.2. The van der Waals surface area contributed by atoms with Gasteiger partial charge < -0.3 is 34.7 Å². The number of nitriles is 1. The molecule has 2 amide bonds. The Labute approximate surface area is 376 Å². The van der Waals surface area contributed by atoms with Crippen molar-refractivity contribution >= 4 is 17.8 Å². The van der Waals surface area contributed by atoms with Gasteiger partial charge in [-0.3, -0.25) is 24.2 Å². The molecule has 2 bridgehead atoms. The molecule has 7 rings (SSSR count). The number of unbranched alkanes of at least 4 members (excludes halogenated alkanes) is 2. The number of methoxy groups -OCH3 is 1. The van der Waals surface area contributed by atoms with E-state index in [4.69, 9.17) is 18.9 Å². The molecule has 0 spiro atoms. The largest absolute Gasteiger partial charge is 0.507 e. The number of esters is 1. The van der Waals surface area contributed by atoms with Crippen molar-refractivity contribution in [1.82, 2.24) is 20.4 Å². The molecule has 14 heteroatoms. The number of nitrogens with zero attached hydrogens (tertiary/aromatic N) is 3. The van der Waals surface area contributed by atoms with Crippen LogP contribution < -0.4 is 29.6 Å². The first-order valence-electron chi connectivity index (χ1n) is 20.0. The minimum absolute atomic E-state index is 0. The maximum absolute atomic E-state index is 13.7. The summed E-state index contributed by atoms with van der Waals surface area (Å²) in [6.07, 6.45) is 4.49. The van der Waals surface area contributed by atoms with Gasteiger partial charge in [0.1, 0.15) is 17.8 Å². The molecule has 4 aliphatic rings. The number of aromatic hydroxyl groups is 1. The summed E-state index contributed by atoms with van der Waals surface area (Å²) in [4.78, 5) is 44.4. The average Bonchev–Trinajstić information content (AvgIpc) is 3.69. The number of aryl methyl sites for hydroxylation is 2. The number of phenols is 1. The fourth-order valence-electron chi connectivity index (χ4n) is 9.44. The van der Waals surface area contributed by atoms with Crippen LogP contribution in [0.3, 0.4) is 0 Å². The summed E-state index contributed by atoms with van der Waals surface area (Å²) in [6.45, 7) is 7.47. The molecule has 305 valence electrons. The van der Waals surface area contributed by atoms with Gasteiger partial charge in [-0.25, -0.2) is 0 Å². The van der Waals surface area contributed by atoms with E-state index < -0.39 is 30.2 Å². The van der Waals surface area contributed by atoms with Gasteiger partial charge in [-0.05, 0) is 70.2 Å². The third kappa shape index (κ3) is 8.17. The van der Waals surface area contributed by atoms with Crippen molar-refractivity contribution < 1.29 is 82.5 Å². The SMILES string of the molecule is CCCCCC(=O)Oc1c(OC)c(C)cc2c1[C@@H]1C3Cc4c(O)c(C)c5c(c4[C@H](CNC(=O)C(C)NC(=O)CCc4ccccc4)N3[C@@H](C#N)[C@H](C2)N1C)OCO5.[Ac]. The van der Waals surface area contributed by atoms with Gasteiger partial charge in [0.05, 0.1) is 25.3 Å². The number of hydrogen-bond donors (Lipinski definition) is 3. The first kappa shape index (κ1) is 43.7. The number of amides is 2. The number of carbonyl (C=O) groups is 3. The van der Waals surface area contributed by atoms with E-state index in [1.54, 1.807) is 21.0 Å². The topological polar surface area (TPSA) is 163 Å². The molecule has 58 heavy (non-hydrogen) atoms. The van der Waals surface area contributed by atoms with Crippen molar-refractivity contribution in [3.8, 4) is 34.8 Å². The van der Waals surface area contributed by atoms with E-state index >= 15 is 0 Å². The van der Waals surface area contributed by atoms with E-state index in [-0.39, 0.29) is 99.8 Å². The van der Waals surface area contributed by atoms with Crippen LogP contribution in [0.1, 0.15) is 97.0 Å². The molecule has 0 aromatic heterocycles. The van der Waals surface area contributed by atoms with Gasteiger partial charge in [-0.2, -0.15) is 5.26 Å². The number of rotatable bonds is 13. The van der Waals surface area contributed by atoms with E-state index in [0.29, 0.717) is 65.4 Å². The number of benzene rings is 3. The Hall–Kier alpha value is -3.88. The van der Waals surface area contributed by atoms with Crippen molar-refractivity contribution in [2.75, 3.05) is 27.5 Å². The predicted molar refractivity (Wildman–Crippen MR) is 211 cm³/mol. The van der Waals surface area contributed by atoms with E-state index in [2.05, 4.69) is 39.5 Å². The Bertz CT molecular complexity index is 2090. The quantitative estimate of drug-likeness (QED) is 0.117. The van der Waals surface area contributed by atoms with Gasteiger partial charge in [-0.15, -0.1) is 0 Å². The third-order valence-electron chi connectivity index (χ3n) is 12.2. The van der Waals surface area contributed by atoms with E-state index in [1.165, 1.54) is 0 Å². The molecular formula is C44H53AcN5O8. The van der Waals surface area contributed by atoms with Crippen LogP contribution in [0.2, 0.25) is 0 Å². The molecule has 1 saturated heterocycles. The van der Waals surface area contributed by atoms with Crippen LogP contribution in [0.15, 0.2) is 36.4 Å². The minimum Gasteiger partial charge on any atom is -0.507 e. The molecule has 4 aliphatic heterocycles. The average molecular weight is 1010 g/mol. The van der Waals surface area contributed by atoms with Crippen LogP contribution in [-0.2, 0) is 33.6 Å². The first-order valence-corrected chi connectivity index (χ1v) is 20.0. The molecule has 1 fully saturated rings. The van der Waals surface area contributed by atoms with Crippen molar-refractivity contribution in [2.24, 2.45) is 0 Å².